The maximum atomic E-state index is 12.7. The summed E-state index contributed by atoms with van der Waals surface area (Å²) in [6.07, 6.45) is -1.90. The molecule has 2 rings (SSSR count). The number of ether oxygens (including phenoxy) is 1. The van der Waals surface area contributed by atoms with Crippen LogP contribution in [-0.4, -0.2) is 62.4 Å². The fourth-order valence-corrected chi connectivity index (χ4v) is 5.88. The van der Waals surface area contributed by atoms with Crippen molar-refractivity contribution >= 4 is 28.0 Å². The van der Waals surface area contributed by atoms with E-state index in [1.54, 1.807) is 0 Å². The first-order chi connectivity index (χ1) is 15.8. The highest BCUT2D eigenvalue weighted by Crippen LogP contribution is 2.43. The Balaban J connectivity index is 2.54. The zero-order chi connectivity index (χ0) is 27.0. The average molecular weight is 551 g/mol. The highest BCUT2D eigenvalue weighted by Gasteiger charge is 2.53. The second-order valence-electron chi connectivity index (χ2n) is 11.9. The summed E-state index contributed by atoms with van der Waals surface area (Å²) >= 11 is -2.06. The zero-order valence-electron chi connectivity index (χ0n) is 22.8. The first kappa shape index (κ1) is 30.3. The van der Waals surface area contributed by atoms with Crippen LogP contribution >= 0.6 is 0 Å². The van der Waals surface area contributed by atoms with Crippen molar-refractivity contribution in [2.75, 3.05) is 13.7 Å². The Morgan fingerprint density at radius 2 is 1.60 bits per heavy atom. The smallest absolute Gasteiger partial charge is 0.330 e. The van der Waals surface area contributed by atoms with Crippen LogP contribution in [0.3, 0.4) is 0 Å². The van der Waals surface area contributed by atoms with E-state index >= 15 is 0 Å². The fraction of sp³-hybridized carbons (Fsp3) is 0.818. The first-order valence-corrected chi connectivity index (χ1v) is 18.5. The third kappa shape index (κ3) is 7.09. The largest absolute Gasteiger partial charge is 0.414 e. The van der Waals surface area contributed by atoms with Crippen molar-refractivity contribution in [2.45, 2.75) is 102 Å². The summed E-state index contributed by atoms with van der Waals surface area (Å²) in [5.74, 6) is 0. The number of H-pyrrole nitrogens is 1. The minimum Gasteiger partial charge on any atom is -0.414 e. The topological polar surface area (TPSA) is 118 Å². The van der Waals surface area contributed by atoms with Gasteiger partial charge in [-0.3, -0.25) is 22.7 Å². The lowest BCUT2D eigenvalue weighted by molar-refractivity contribution is -0.0506. The van der Waals surface area contributed by atoms with Gasteiger partial charge in [0.15, 0.2) is 22.9 Å². The molecule has 35 heavy (non-hydrogen) atoms. The minimum atomic E-state index is -2.41. The number of nitrogens with zero attached hydrogens (tertiary/aromatic N) is 1. The van der Waals surface area contributed by atoms with Gasteiger partial charge in [-0.1, -0.05) is 41.5 Å². The molecule has 10 nitrogen and oxygen atoms in total. The molecular formula is C22H42N2O8SSi2. The normalized spacial score (nSPS) is 25.1. The van der Waals surface area contributed by atoms with Crippen LogP contribution in [0.1, 0.15) is 47.8 Å². The second kappa shape index (κ2) is 10.8. The molecule has 1 fully saturated rings. The third-order valence-electron chi connectivity index (χ3n) is 7.39. The van der Waals surface area contributed by atoms with E-state index in [0.717, 1.165) is 0 Å². The van der Waals surface area contributed by atoms with Crippen LogP contribution < -0.4 is 11.2 Å². The molecule has 0 radical (unpaired) electrons. The van der Waals surface area contributed by atoms with Gasteiger partial charge in [-0.15, -0.1) is 0 Å². The van der Waals surface area contributed by atoms with Crippen molar-refractivity contribution in [1.29, 1.82) is 0 Å². The maximum absolute atomic E-state index is 12.7. The molecule has 0 aromatic carbocycles. The molecule has 13 heteroatoms. The summed E-state index contributed by atoms with van der Waals surface area (Å²) in [7, 11) is -3.30. The Morgan fingerprint density at radius 3 is 2.09 bits per heavy atom. The van der Waals surface area contributed by atoms with Crippen molar-refractivity contribution in [1.82, 2.24) is 9.55 Å². The Bertz CT molecular complexity index is 1010. The van der Waals surface area contributed by atoms with Crippen LogP contribution in [0.4, 0.5) is 0 Å². The SMILES string of the molecule is COS(=O)O[C@@H]1C(O[Si](C)(C)C(C)(C)C)[C@H](n2ccc(=O)[nH]c2=O)O[C@@H]1CO[Si](C)(C)C(C)(C)C. The van der Waals surface area contributed by atoms with E-state index < -0.39 is 63.8 Å². The van der Waals surface area contributed by atoms with Gasteiger partial charge in [-0.2, -0.15) is 4.21 Å². The summed E-state index contributed by atoms with van der Waals surface area (Å²) in [5, 5.41) is -0.197. The number of nitrogens with one attached hydrogen (secondary N) is 1. The van der Waals surface area contributed by atoms with Gasteiger partial charge in [0.25, 0.3) is 5.56 Å². The van der Waals surface area contributed by atoms with E-state index in [1.807, 2.05) is 0 Å². The van der Waals surface area contributed by atoms with E-state index in [1.165, 1.54) is 23.9 Å². The van der Waals surface area contributed by atoms with Crippen molar-refractivity contribution in [2.24, 2.45) is 0 Å². The van der Waals surface area contributed by atoms with Crippen LogP contribution in [0, 0.1) is 0 Å². The molecule has 1 aromatic heterocycles. The van der Waals surface area contributed by atoms with Crippen LogP contribution in [0.25, 0.3) is 0 Å². The number of aromatic nitrogens is 2. The molecule has 1 N–H and O–H groups in total. The molecule has 0 amide bonds. The third-order valence-corrected chi connectivity index (χ3v) is 17.0. The quantitative estimate of drug-likeness (QED) is 0.465. The molecular weight excluding hydrogens is 508 g/mol. The molecule has 0 saturated carbocycles. The van der Waals surface area contributed by atoms with Gasteiger partial charge >= 0.3 is 17.1 Å². The van der Waals surface area contributed by atoms with E-state index in [9.17, 15) is 13.8 Å². The second-order valence-corrected chi connectivity index (χ2v) is 22.4. The molecule has 5 atom stereocenters. The van der Waals surface area contributed by atoms with Crippen LogP contribution in [0.5, 0.6) is 0 Å². The van der Waals surface area contributed by atoms with Gasteiger partial charge < -0.3 is 13.6 Å². The zero-order valence-corrected chi connectivity index (χ0v) is 25.6. The maximum Gasteiger partial charge on any atom is 0.330 e. The summed E-state index contributed by atoms with van der Waals surface area (Å²) in [4.78, 5) is 26.7. The van der Waals surface area contributed by atoms with Gasteiger partial charge in [-0.25, -0.2) is 4.79 Å². The molecule has 1 aliphatic heterocycles. The Kier molecular flexibility index (Phi) is 9.36. The highest BCUT2D eigenvalue weighted by molar-refractivity contribution is 7.75. The van der Waals surface area contributed by atoms with Gasteiger partial charge in [-0.05, 0) is 36.3 Å². The predicted octanol–water partition coefficient (Wildman–Crippen LogP) is 3.46. The van der Waals surface area contributed by atoms with E-state index in [0.29, 0.717) is 0 Å². The first-order valence-electron chi connectivity index (χ1n) is 11.7. The van der Waals surface area contributed by atoms with Gasteiger partial charge in [0.2, 0.25) is 0 Å². The number of hydrogen-bond acceptors (Lipinski definition) is 8. The van der Waals surface area contributed by atoms with Crippen molar-refractivity contribution in [3.8, 4) is 0 Å². The summed E-state index contributed by atoms with van der Waals surface area (Å²) in [6.45, 7) is 21.2. The standard InChI is InChI=1S/C22H42N2O8SSi2/c1-21(2,3)34(8,9)29-14-15-17(31-33(27)28-7)18(32-35(10,11)22(4,5)6)19(30-15)24-13-12-16(25)23-20(24)26/h12-13,15,17-19H,14H2,1-11H3,(H,23,25,26)/t15-,17+,18?,19-,33?/m1/s1. The summed E-state index contributed by atoms with van der Waals surface area (Å²) < 4.78 is 43.7. The lowest BCUT2D eigenvalue weighted by atomic mass is 10.1. The molecule has 2 unspecified atom stereocenters. The van der Waals surface area contributed by atoms with Gasteiger partial charge in [0.05, 0.1) is 13.7 Å². The van der Waals surface area contributed by atoms with E-state index in [-0.39, 0.29) is 16.7 Å². The molecule has 0 spiro atoms. The number of aromatic amines is 1. The Morgan fingerprint density at radius 1 is 1.03 bits per heavy atom. The van der Waals surface area contributed by atoms with Crippen LogP contribution in [0.15, 0.2) is 21.9 Å². The van der Waals surface area contributed by atoms with Crippen molar-refractivity contribution in [3.63, 3.8) is 0 Å². The molecule has 202 valence electrons. The van der Waals surface area contributed by atoms with E-state index in [4.69, 9.17) is 22.0 Å². The highest BCUT2D eigenvalue weighted by atomic mass is 32.2. The molecule has 0 bridgehead atoms. The lowest BCUT2D eigenvalue weighted by Crippen LogP contribution is -2.51. The summed E-state index contributed by atoms with van der Waals surface area (Å²) in [5.41, 5.74) is -1.15. The van der Waals surface area contributed by atoms with E-state index in [2.05, 4.69) is 72.7 Å². The van der Waals surface area contributed by atoms with Gasteiger partial charge in [0, 0.05) is 12.3 Å². The van der Waals surface area contributed by atoms with Crippen molar-refractivity contribution < 1.29 is 26.2 Å². The number of hydrogen-bond donors (Lipinski definition) is 1. The van der Waals surface area contributed by atoms with Crippen LogP contribution in [-0.2, 0) is 33.3 Å². The van der Waals surface area contributed by atoms with Crippen molar-refractivity contribution in [3.05, 3.63) is 33.1 Å². The van der Waals surface area contributed by atoms with Gasteiger partial charge in [0.1, 0.15) is 18.3 Å². The lowest BCUT2D eigenvalue weighted by Gasteiger charge is -2.40. The predicted molar refractivity (Wildman–Crippen MR) is 140 cm³/mol. The average Bonchev–Trinajstić information content (AvgIpc) is 3.01. The molecule has 1 saturated heterocycles. The fourth-order valence-electron chi connectivity index (χ4n) is 3.09. The Hall–Kier alpha value is -0.936. The Labute approximate surface area is 212 Å². The summed E-state index contributed by atoms with van der Waals surface area (Å²) in [6, 6.07) is 1.25. The minimum absolute atomic E-state index is 0.0381. The van der Waals surface area contributed by atoms with Crippen LogP contribution in [0.2, 0.25) is 36.3 Å². The molecule has 0 aliphatic carbocycles. The molecule has 1 aromatic rings. The molecule has 1 aliphatic rings. The molecule has 2 heterocycles. The monoisotopic (exact) mass is 550 g/mol. The number of rotatable bonds is 9.